The zero-order chi connectivity index (χ0) is 18.3. The number of carboxylic acid groups (broad SMARTS) is 1. The van der Waals surface area contributed by atoms with Gasteiger partial charge in [0.1, 0.15) is 11.3 Å². The summed E-state index contributed by atoms with van der Waals surface area (Å²) in [5.74, 6) is -0.661. The van der Waals surface area contributed by atoms with E-state index in [0.29, 0.717) is 27.6 Å². The third-order valence-electron chi connectivity index (χ3n) is 4.15. The van der Waals surface area contributed by atoms with Crippen LogP contribution in [0.2, 0.25) is 0 Å². The molecular weight excluding hydrogens is 332 g/mol. The molecule has 8 heteroatoms. The number of anilines is 3. The highest BCUT2D eigenvalue weighted by Crippen LogP contribution is 2.32. The van der Waals surface area contributed by atoms with E-state index in [1.807, 2.05) is 43.3 Å². The summed E-state index contributed by atoms with van der Waals surface area (Å²) in [6.07, 6.45) is 3.27. The molecule has 0 saturated heterocycles. The Hall–Kier alpha value is -3.68. The number of carboxylic acids is 1. The summed E-state index contributed by atoms with van der Waals surface area (Å²) in [5, 5.41) is 20.6. The summed E-state index contributed by atoms with van der Waals surface area (Å²) < 4.78 is 0. The van der Waals surface area contributed by atoms with Gasteiger partial charge in [-0.3, -0.25) is 10.1 Å². The lowest BCUT2D eigenvalue weighted by Gasteiger charge is -2.14. The van der Waals surface area contributed by atoms with E-state index in [2.05, 4.69) is 25.5 Å². The second kappa shape index (κ2) is 5.99. The summed E-state index contributed by atoms with van der Waals surface area (Å²) in [5.41, 5.74) is 3.06. The fourth-order valence-corrected chi connectivity index (χ4v) is 2.84. The molecule has 8 nitrogen and oxygen atoms in total. The summed E-state index contributed by atoms with van der Waals surface area (Å²) in [6, 6.07) is 9.54. The number of fused-ring (bicyclic) bond motifs is 3. The van der Waals surface area contributed by atoms with Crippen LogP contribution < -0.4 is 10.2 Å². The number of carbonyl (C=O) groups is 1. The molecule has 1 aromatic carbocycles. The molecule has 26 heavy (non-hydrogen) atoms. The second-order valence-electron chi connectivity index (χ2n) is 6.05. The van der Waals surface area contributed by atoms with E-state index >= 15 is 0 Å². The van der Waals surface area contributed by atoms with Gasteiger partial charge >= 0.3 is 5.97 Å². The number of aromatic carboxylic acids is 1. The Morgan fingerprint density at radius 1 is 1.19 bits per heavy atom. The largest absolute Gasteiger partial charge is 0.477 e. The van der Waals surface area contributed by atoms with Crippen LogP contribution in [0.25, 0.3) is 21.8 Å². The quantitative estimate of drug-likeness (QED) is 0.520. The van der Waals surface area contributed by atoms with Crippen molar-refractivity contribution in [1.29, 1.82) is 0 Å². The minimum atomic E-state index is -1.09. The molecule has 0 radical (unpaired) electrons. The molecule has 0 amide bonds. The lowest BCUT2D eigenvalue weighted by molar-refractivity contribution is 0.0692. The van der Waals surface area contributed by atoms with E-state index in [9.17, 15) is 9.90 Å². The van der Waals surface area contributed by atoms with Crippen LogP contribution in [0.1, 0.15) is 10.5 Å². The SMILES string of the molecule is CN(C)c1ccc(Nc2nc3ccncc3c3n[nH]c(C(=O)O)c23)cc1. The van der Waals surface area contributed by atoms with Gasteiger partial charge in [0.15, 0.2) is 5.69 Å². The maximum absolute atomic E-state index is 11.6. The highest BCUT2D eigenvalue weighted by Gasteiger charge is 2.20. The Balaban J connectivity index is 1.89. The molecule has 0 fully saturated rings. The summed E-state index contributed by atoms with van der Waals surface area (Å²) >= 11 is 0. The van der Waals surface area contributed by atoms with Gasteiger partial charge in [-0.1, -0.05) is 0 Å². The number of H-pyrrole nitrogens is 1. The van der Waals surface area contributed by atoms with Crippen LogP contribution >= 0.6 is 0 Å². The minimum absolute atomic E-state index is 0.00864. The van der Waals surface area contributed by atoms with E-state index < -0.39 is 5.97 Å². The molecular formula is C18H16N6O2. The second-order valence-corrected chi connectivity index (χ2v) is 6.05. The Labute approximate surface area is 148 Å². The van der Waals surface area contributed by atoms with Crippen molar-refractivity contribution in [2.24, 2.45) is 0 Å². The molecule has 0 aliphatic heterocycles. The molecule has 4 rings (SSSR count). The molecule has 130 valence electrons. The van der Waals surface area contributed by atoms with Crippen molar-refractivity contribution in [3.8, 4) is 0 Å². The van der Waals surface area contributed by atoms with E-state index in [-0.39, 0.29) is 5.69 Å². The first-order valence-corrected chi connectivity index (χ1v) is 7.94. The number of aromatic nitrogens is 4. The lowest BCUT2D eigenvalue weighted by Crippen LogP contribution is -2.08. The summed E-state index contributed by atoms with van der Waals surface area (Å²) in [6.45, 7) is 0. The lowest BCUT2D eigenvalue weighted by atomic mass is 10.1. The van der Waals surface area contributed by atoms with E-state index in [4.69, 9.17) is 0 Å². The van der Waals surface area contributed by atoms with Crippen LogP contribution in [0.5, 0.6) is 0 Å². The number of nitrogens with zero attached hydrogens (tertiary/aromatic N) is 4. The van der Waals surface area contributed by atoms with E-state index in [0.717, 1.165) is 11.4 Å². The van der Waals surface area contributed by atoms with Crippen molar-refractivity contribution >= 4 is 45.0 Å². The maximum atomic E-state index is 11.6. The molecule has 0 atom stereocenters. The normalized spacial score (nSPS) is 11.0. The van der Waals surface area contributed by atoms with Crippen LogP contribution in [-0.2, 0) is 0 Å². The van der Waals surface area contributed by atoms with Crippen LogP contribution in [0, 0.1) is 0 Å². The molecule has 0 saturated carbocycles. The zero-order valence-electron chi connectivity index (χ0n) is 14.2. The molecule has 3 aromatic heterocycles. The van der Waals surface area contributed by atoms with Gasteiger partial charge in [-0.25, -0.2) is 9.78 Å². The number of rotatable bonds is 4. The van der Waals surface area contributed by atoms with Gasteiger partial charge in [-0.05, 0) is 30.3 Å². The van der Waals surface area contributed by atoms with Gasteiger partial charge in [0.2, 0.25) is 0 Å². The molecule has 0 unspecified atom stereocenters. The summed E-state index contributed by atoms with van der Waals surface area (Å²) in [7, 11) is 3.94. The fourth-order valence-electron chi connectivity index (χ4n) is 2.84. The van der Waals surface area contributed by atoms with Crippen molar-refractivity contribution < 1.29 is 9.90 Å². The average molecular weight is 348 g/mol. The first kappa shape index (κ1) is 15.8. The molecule has 0 spiro atoms. The first-order valence-electron chi connectivity index (χ1n) is 7.94. The highest BCUT2D eigenvalue weighted by atomic mass is 16.4. The molecule has 0 bridgehead atoms. The number of hydrogen-bond acceptors (Lipinski definition) is 6. The molecule has 0 aliphatic carbocycles. The minimum Gasteiger partial charge on any atom is -0.477 e. The van der Waals surface area contributed by atoms with E-state index in [1.54, 1.807) is 18.5 Å². The van der Waals surface area contributed by atoms with Crippen LogP contribution in [0.3, 0.4) is 0 Å². The van der Waals surface area contributed by atoms with Gasteiger partial charge in [-0.15, -0.1) is 0 Å². The first-order chi connectivity index (χ1) is 12.5. The highest BCUT2D eigenvalue weighted by molar-refractivity contribution is 6.14. The van der Waals surface area contributed by atoms with Crippen molar-refractivity contribution in [1.82, 2.24) is 20.2 Å². The Kier molecular flexibility index (Phi) is 3.65. The van der Waals surface area contributed by atoms with Crippen LogP contribution in [-0.4, -0.2) is 45.3 Å². The molecule has 4 aromatic rings. The monoisotopic (exact) mass is 348 g/mol. The maximum Gasteiger partial charge on any atom is 0.354 e. The molecule has 3 heterocycles. The van der Waals surface area contributed by atoms with Crippen molar-refractivity contribution in [3.63, 3.8) is 0 Å². The summed E-state index contributed by atoms with van der Waals surface area (Å²) in [4.78, 5) is 22.3. The topological polar surface area (TPSA) is 107 Å². The third-order valence-corrected chi connectivity index (χ3v) is 4.15. The standard InChI is InChI=1S/C18H16N6O2/c1-24(2)11-5-3-10(4-6-11)20-17-14-15(22-23-16(14)18(25)26)12-9-19-8-7-13(12)21-17/h3-9H,1-2H3,(H,20,21)(H,22,23)(H,25,26). The van der Waals surface area contributed by atoms with E-state index in [1.165, 1.54) is 0 Å². The number of benzene rings is 1. The molecule has 0 aliphatic rings. The zero-order valence-corrected chi connectivity index (χ0v) is 14.2. The average Bonchev–Trinajstić information content (AvgIpc) is 3.08. The number of nitrogens with one attached hydrogen (secondary N) is 2. The smallest absolute Gasteiger partial charge is 0.354 e. The predicted molar refractivity (Wildman–Crippen MR) is 100 cm³/mol. The Bertz CT molecular complexity index is 1120. The van der Waals surface area contributed by atoms with Crippen LogP contribution in [0.15, 0.2) is 42.7 Å². The fraction of sp³-hybridized carbons (Fsp3) is 0.111. The van der Waals surface area contributed by atoms with Crippen molar-refractivity contribution in [3.05, 3.63) is 48.4 Å². The number of hydrogen-bond donors (Lipinski definition) is 3. The van der Waals surface area contributed by atoms with Gasteiger partial charge in [-0.2, -0.15) is 5.10 Å². The molecule has 3 N–H and O–H groups in total. The predicted octanol–water partition coefficient (Wildman–Crippen LogP) is 3.01. The van der Waals surface area contributed by atoms with Gasteiger partial charge in [0.05, 0.1) is 10.9 Å². The van der Waals surface area contributed by atoms with Gasteiger partial charge in [0, 0.05) is 43.3 Å². The van der Waals surface area contributed by atoms with Gasteiger partial charge < -0.3 is 15.3 Å². The van der Waals surface area contributed by atoms with Crippen LogP contribution in [0.4, 0.5) is 17.2 Å². The van der Waals surface area contributed by atoms with Crippen molar-refractivity contribution in [2.45, 2.75) is 0 Å². The number of pyridine rings is 2. The van der Waals surface area contributed by atoms with Crippen molar-refractivity contribution in [2.75, 3.05) is 24.3 Å². The Morgan fingerprint density at radius 2 is 1.96 bits per heavy atom. The number of aromatic amines is 1. The van der Waals surface area contributed by atoms with Gasteiger partial charge in [0.25, 0.3) is 0 Å². The Morgan fingerprint density at radius 3 is 2.65 bits per heavy atom. The third kappa shape index (κ3) is 2.57.